The first-order chi connectivity index (χ1) is 8.65. The van der Waals surface area contributed by atoms with E-state index in [2.05, 4.69) is 12.2 Å². The van der Waals surface area contributed by atoms with E-state index in [1.165, 1.54) is 12.1 Å². The number of rotatable bonds is 4. The van der Waals surface area contributed by atoms with Crippen LogP contribution in [0.4, 0.5) is 4.39 Å². The summed E-state index contributed by atoms with van der Waals surface area (Å²) in [6.07, 6.45) is 0.964. The van der Waals surface area contributed by atoms with Crippen LogP contribution in [0.15, 0.2) is 34.7 Å². The second-order valence-corrected chi connectivity index (χ2v) is 4.41. The highest BCUT2D eigenvalue weighted by atomic mass is 19.1. The molecule has 0 bridgehead atoms. The van der Waals surface area contributed by atoms with Crippen molar-refractivity contribution in [3.8, 4) is 11.3 Å². The van der Waals surface area contributed by atoms with Gasteiger partial charge in [0.2, 0.25) is 0 Å². The number of aryl methyl sites for hydroxylation is 1. The van der Waals surface area contributed by atoms with E-state index in [9.17, 15) is 4.39 Å². The Labute approximate surface area is 107 Å². The van der Waals surface area contributed by atoms with Crippen LogP contribution in [-0.2, 0) is 0 Å². The van der Waals surface area contributed by atoms with Crippen molar-refractivity contribution < 1.29 is 8.81 Å². The van der Waals surface area contributed by atoms with Crippen molar-refractivity contribution >= 4 is 0 Å². The van der Waals surface area contributed by atoms with Gasteiger partial charge < -0.3 is 9.73 Å². The summed E-state index contributed by atoms with van der Waals surface area (Å²) >= 11 is 0. The molecular weight excluding hydrogens is 229 g/mol. The van der Waals surface area contributed by atoms with Crippen LogP contribution >= 0.6 is 0 Å². The number of benzene rings is 1. The summed E-state index contributed by atoms with van der Waals surface area (Å²) in [6, 6.07) is 8.87. The largest absolute Gasteiger partial charge is 0.459 e. The van der Waals surface area contributed by atoms with Gasteiger partial charge in [0, 0.05) is 5.56 Å². The Bertz CT molecular complexity index is 529. The van der Waals surface area contributed by atoms with Crippen LogP contribution in [0.3, 0.4) is 0 Å². The molecule has 0 saturated heterocycles. The molecule has 0 aliphatic rings. The lowest BCUT2D eigenvalue weighted by molar-refractivity contribution is 0.431. The summed E-state index contributed by atoms with van der Waals surface area (Å²) in [5, 5.41) is 3.20. The third-order valence-corrected chi connectivity index (χ3v) is 3.18. The van der Waals surface area contributed by atoms with Crippen molar-refractivity contribution in [3.63, 3.8) is 0 Å². The predicted molar refractivity (Wildman–Crippen MR) is 70.9 cm³/mol. The fraction of sp³-hybridized carbons (Fsp3) is 0.333. The molecular formula is C15H18FNO. The topological polar surface area (TPSA) is 25.2 Å². The molecule has 1 N–H and O–H groups in total. The molecule has 0 saturated carbocycles. The summed E-state index contributed by atoms with van der Waals surface area (Å²) in [7, 11) is 1.92. The Balaban J connectivity index is 2.34. The van der Waals surface area contributed by atoms with Crippen molar-refractivity contribution in [2.45, 2.75) is 26.3 Å². The molecule has 1 aromatic carbocycles. The Morgan fingerprint density at radius 3 is 2.67 bits per heavy atom. The molecule has 1 heterocycles. The second kappa shape index (κ2) is 5.36. The number of nitrogens with one attached hydrogen (secondary N) is 1. The number of hydrogen-bond acceptors (Lipinski definition) is 2. The van der Waals surface area contributed by atoms with Gasteiger partial charge in [-0.1, -0.05) is 6.92 Å². The summed E-state index contributed by atoms with van der Waals surface area (Å²) in [5.74, 6) is 1.49. The maximum atomic E-state index is 13.1. The van der Waals surface area contributed by atoms with Crippen molar-refractivity contribution in [2.75, 3.05) is 7.05 Å². The minimum atomic E-state index is -0.218. The maximum Gasteiger partial charge on any atom is 0.134 e. The van der Waals surface area contributed by atoms with Gasteiger partial charge in [-0.05, 0) is 56.3 Å². The maximum absolute atomic E-state index is 13.1. The third-order valence-electron chi connectivity index (χ3n) is 3.18. The van der Waals surface area contributed by atoms with Crippen LogP contribution in [0.25, 0.3) is 11.3 Å². The molecule has 0 spiro atoms. The van der Waals surface area contributed by atoms with Crippen molar-refractivity contribution in [1.29, 1.82) is 0 Å². The molecule has 2 aromatic rings. The van der Waals surface area contributed by atoms with Crippen LogP contribution in [0, 0.1) is 12.7 Å². The fourth-order valence-corrected chi connectivity index (χ4v) is 2.14. The van der Waals surface area contributed by atoms with E-state index in [1.54, 1.807) is 6.07 Å². The SMILES string of the molecule is CCC(NC)c1ccc(-c2ccc(F)cc2C)o1. The molecule has 2 nitrogen and oxygen atoms in total. The van der Waals surface area contributed by atoms with Crippen LogP contribution < -0.4 is 5.32 Å². The van der Waals surface area contributed by atoms with E-state index in [1.807, 2.05) is 26.1 Å². The number of furan rings is 1. The fourth-order valence-electron chi connectivity index (χ4n) is 2.14. The van der Waals surface area contributed by atoms with Gasteiger partial charge in [-0.2, -0.15) is 0 Å². The average molecular weight is 247 g/mol. The van der Waals surface area contributed by atoms with Gasteiger partial charge in [0.25, 0.3) is 0 Å². The zero-order valence-corrected chi connectivity index (χ0v) is 11.0. The van der Waals surface area contributed by atoms with Gasteiger partial charge in [-0.15, -0.1) is 0 Å². The molecule has 0 radical (unpaired) electrons. The quantitative estimate of drug-likeness (QED) is 0.881. The first-order valence-electron chi connectivity index (χ1n) is 6.19. The lowest BCUT2D eigenvalue weighted by Gasteiger charge is -2.10. The minimum Gasteiger partial charge on any atom is -0.459 e. The van der Waals surface area contributed by atoms with Crippen LogP contribution in [-0.4, -0.2) is 7.05 Å². The lowest BCUT2D eigenvalue weighted by atomic mass is 10.1. The molecule has 18 heavy (non-hydrogen) atoms. The highest BCUT2D eigenvalue weighted by Gasteiger charge is 2.13. The van der Waals surface area contributed by atoms with Gasteiger partial charge in [-0.25, -0.2) is 4.39 Å². The molecule has 0 aliphatic carbocycles. The molecule has 0 aliphatic heterocycles. The van der Waals surface area contributed by atoms with Gasteiger partial charge in [-0.3, -0.25) is 0 Å². The summed E-state index contributed by atoms with van der Waals surface area (Å²) in [5.41, 5.74) is 1.82. The molecule has 96 valence electrons. The zero-order valence-electron chi connectivity index (χ0n) is 11.0. The molecule has 1 aromatic heterocycles. The number of hydrogen-bond donors (Lipinski definition) is 1. The first-order valence-corrected chi connectivity index (χ1v) is 6.19. The van der Waals surface area contributed by atoms with Crippen LogP contribution in [0.5, 0.6) is 0 Å². The van der Waals surface area contributed by atoms with Crippen LogP contribution in [0.2, 0.25) is 0 Å². The van der Waals surface area contributed by atoms with Crippen molar-refractivity contribution in [1.82, 2.24) is 5.32 Å². The predicted octanol–water partition coefficient (Wildman–Crippen LogP) is 4.06. The van der Waals surface area contributed by atoms with Gasteiger partial charge in [0.05, 0.1) is 6.04 Å². The van der Waals surface area contributed by atoms with E-state index < -0.39 is 0 Å². The third kappa shape index (κ3) is 2.46. The monoisotopic (exact) mass is 247 g/mol. The zero-order chi connectivity index (χ0) is 13.1. The van der Waals surface area contributed by atoms with E-state index in [-0.39, 0.29) is 11.9 Å². The van der Waals surface area contributed by atoms with Crippen LogP contribution in [0.1, 0.15) is 30.7 Å². The Morgan fingerprint density at radius 1 is 1.28 bits per heavy atom. The normalized spacial score (nSPS) is 12.7. The van der Waals surface area contributed by atoms with E-state index in [0.29, 0.717) is 0 Å². The van der Waals surface area contributed by atoms with Crippen molar-refractivity contribution in [3.05, 3.63) is 47.5 Å². The Hall–Kier alpha value is -1.61. The number of halogens is 1. The lowest BCUT2D eigenvalue weighted by Crippen LogP contribution is -2.14. The standard InChI is InChI=1S/C15H18FNO/c1-4-13(17-3)15-8-7-14(18-15)12-6-5-11(16)9-10(12)2/h5-9,13,17H,4H2,1-3H3. The smallest absolute Gasteiger partial charge is 0.134 e. The Morgan fingerprint density at radius 2 is 2.06 bits per heavy atom. The molecule has 0 fully saturated rings. The van der Waals surface area contributed by atoms with Gasteiger partial charge in [0.15, 0.2) is 0 Å². The van der Waals surface area contributed by atoms with E-state index in [0.717, 1.165) is 29.1 Å². The minimum absolute atomic E-state index is 0.218. The molecule has 3 heteroatoms. The summed E-state index contributed by atoms with van der Waals surface area (Å²) in [6.45, 7) is 3.99. The highest BCUT2D eigenvalue weighted by molar-refractivity contribution is 5.62. The van der Waals surface area contributed by atoms with E-state index >= 15 is 0 Å². The molecule has 1 unspecified atom stereocenters. The van der Waals surface area contributed by atoms with Gasteiger partial charge in [0.1, 0.15) is 17.3 Å². The average Bonchev–Trinajstić information content (AvgIpc) is 2.80. The molecule has 0 amide bonds. The van der Waals surface area contributed by atoms with Crippen molar-refractivity contribution in [2.24, 2.45) is 0 Å². The summed E-state index contributed by atoms with van der Waals surface area (Å²) < 4.78 is 18.9. The highest BCUT2D eigenvalue weighted by Crippen LogP contribution is 2.29. The molecule has 1 atom stereocenters. The molecule has 2 rings (SSSR count). The van der Waals surface area contributed by atoms with Gasteiger partial charge >= 0.3 is 0 Å². The first kappa shape index (κ1) is 12.8. The summed E-state index contributed by atoms with van der Waals surface area (Å²) in [4.78, 5) is 0. The Kier molecular flexibility index (Phi) is 3.82. The second-order valence-electron chi connectivity index (χ2n) is 4.41. The van der Waals surface area contributed by atoms with E-state index in [4.69, 9.17) is 4.42 Å².